The molecule has 0 unspecified atom stereocenters. The third-order valence-electron chi connectivity index (χ3n) is 3.01. The van der Waals surface area contributed by atoms with Gasteiger partial charge in [-0.05, 0) is 12.1 Å². The van der Waals surface area contributed by atoms with Gasteiger partial charge in [0.2, 0.25) is 0 Å². The Kier molecular flexibility index (Phi) is 5.19. The van der Waals surface area contributed by atoms with Gasteiger partial charge in [0.05, 0.1) is 19.8 Å². The molecule has 22 heavy (non-hydrogen) atoms. The number of carbonyl (C=O) groups is 2. The van der Waals surface area contributed by atoms with Gasteiger partial charge in [-0.3, -0.25) is 9.59 Å². The van der Waals surface area contributed by atoms with Crippen LogP contribution < -0.4 is 10.1 Å². The highest BCUT2D eigenvalue weighted by atomic mass is 16.5. The highest BCUT2D eigenvalue weighted by Crippen LogP contribution is 2.25. The highest BCUT2D eigenvalue weighted by molar-refractivity contribution is 5.87. The third kappa shape index (κ3) is 3.88. The number of nitrogens with one attached hydrogen (secondary N) is 1. The fourth-order valence-corrected chi connectivity index (χ4v) is 1.92. The molecule has 2 rings (SSSR count). The largest absolute Gasteiger partial charge is 0.497 e. The molecule has 0 bridgehead atoms. The van der Waals surface area contributed by atoms with Crippen LogP contribution in [0.25, 0.3) is 11.0 Å². The highest BCUT2D eigenvalue weighted by Gasteiger charge is 2.13. The Morgan fingerprint density at radius 2 is 2.23 bits per heavy atom. The second kappa shape index (κ2) is 7.31. The van der Waals surface area contributed by atoms with Crippen molar-refractivity contribution in [2.24, 2.45) is 0 Å². The number of carbonyl (C=O) groups excluding carboxylic acids is 2. The van der Waals surface area contributed by atoms with Crippen LogP contribution in [-0.2, 0) is 20.7 Å². The summed E-state index contributed by atoms with van der Waals surface area (Å²) in [6.45, 7) is 3.51. The lowest BCUT2D eigenvalue weighted by atomic mass is 10.1. The lowest BCUT2D eigenvalue weighted by Crippen LogP contribution is -2.29. The van der Waals surface area contributed by atoms with E-state index < -0.39 is 5.97 Å². The molecule has 0 atom stereocenters. The first-order chi connectivity index (χ1) is 10.6. The molecule has 116 valence electrons. The Labute approximate surface area is 127 Å². The first-order valence-corrected chi connectivity index (χ1v) is 6.71. The Morgan fingerprint density at radius 3 is 2.95 bits per heavy atom. The molecule has 0 aliphatic rings. The molecule has 1 N–H and O–H groups in total. The predicted octanol–water partition coefficient (Wildman–Crippen LogP) is 1.83. The quantitative estimate of drug-likeness (QED) is 0.623. The first-order valence-electron chi connectivity index (χ1n) is 6.71. The smallest absolute Gasteiger partial charge is 0.310 e. The van der Waals surface area contributed by atoms with Gasteiger partial charge >= 0.3 is 5.97 Å². The number of benzene rings is 1. The molecule has 1 heterocycles. The summed E-state index contributed by atoms with van der Waals surface area (Å²) in [5.41, 5.74) is 1.33. The maximum Gasteiger partial charge on any atom is 0.310 e. The topological polar surface area (TPSA) is 77.8 Å². The van der Waals surface area contributed by atoms with E-state index in [2.05, 4.69) is 11.9 Å². The van der Waals surface area contributed by atoms with Gasteiger partial charge in [0, 0.05) is 23.6 Å². The zero-order chi connectivity index (χ0) is 15.9. The third-order valence-corrected chi connectivity index (χ3v) is 3.01. The minimum absolute atomic E-state index is 0.0358. The molecule has 0 aliphatic carbocycles. The summed E-state index contributed by atoms with van der Waals surface area (Å²) in [6, 6.07) is 5.35. The molecular weight excluding hydrogens is 286 g/mol. The van der Waals surface area contributed by atoms with Crippen molar-refractivity contribution in [1.82, 2.24) is 5.32 Å². The van der Waals surface area contributed by atoms with Crippen molar-refractivity contribution in [3.05, 3.63) is 42.7 Å². The van der Waals surface area contributed by atoms with Crippen LogP contribution in [0.1, 0.15) is 5.56 Å². The van der Waals surface area contributed by atoms with Crippen molar-refractivity contribution in [3.63, 3.8) is 0 Å². The second-order valence-corrected chi connectivity index (χ2v) is 4.55. The zero-order valence-corrected chi connectivity index (χ0v) is 12.3. The molecule has 6 nitrogen and oxygen atoms in total. The minimum atomic E-state index is -0.493. The Morgan fingerprint density at radius 1 is 1.41 bits per heavy atom. The van der Waals surface area contributed by atoms with Crippen molar-refractivity contribution in [2.45, 2.75) is 6.42 Å². The first kappa shape index (κ1) is 15.6. The predicted molar refractivity (Wildman–Crippen MR) is 80.6 cm³/mol. The summed E-state index contributed by atoms with van der Waals surface area (Å²) >= 11 is 0. The fourth-order valence-electron chi connectivity index (χ4n) is 1.92. The van der Waals surface area contributed by atoms with Gasteiger partial charge in [-0.25, -0.2) is 0 Å². The van der Waals surface area contributed by atoms with E-state index in [1.807, 2.05) is 6.07 Å². The van der Waals surface area contributed by atoms with E-state index >= 15 is 0 Å². The minimum Gasteiger partial charge on any atom is -0.497 e. The van der Waals surface area contributed by atoms with E-state index in [0.717, 1.165) is 5.39 Å². The van der Waals surface area contributed by atoms with Crippen molar-refractivity contribution in [3.8, 4) is 5.75 Å². The van der Waals surface area contributed by atoms with Gasteiger partial charge in [0.15, 0.2) is 6.61 Å². The van der Waals surface area contributed by atoms with E-state index in [4.69, 9.17) is 13.9 Å². The number of furan rings is 1. The van der Waals surface area contributed by atoms with Gasteiger partial charge < -0.3 is 19.2 Å². The molecule has 2 aromatic rings. The molecule has 0 saturated heterocycles. The number of amides is 1. The SMILES string of the molecule is C=CCNC(=O)COC(=O)Cc1coc2cc(OC)ccc12. The van der Waals surface area contributed by atoms with Crippen LogP contribution in [0.3, 0.4) is 0 Å². The number of ether oxygens (including phenoxy) is 2. The van der Waals surface area contributed by atoms with Crippen LogP contribution in [0.15, 0.2) is 41.5 Å². The normalized spacial score (nSPS) is 10.2. The molecule has 0 fully saturated rings. The summed E-state index contributed by atoms with van der Waals surface area (Å²) in [5, 5.41) is 3.34. The Balaban J connectivity index is 1.94. The maximum atomic E-state index is 11.8. The number of rotatable bonds is 7. The maximum absolute atomic E-state index is 11.8. The number of esters is 1. The summed E-state index contributed by atoms with van der Waals surface area (Å²) in [4.78, 5) is 23.1. The van der Waals surface area contributed by atoms with Crippen molar-refractivity contribution in [2.75, 3.05) is 20.3 Å². The molecule has 1 amide bonds. The fraction of sp³-hybridized carbons (Fsp3) is 0.250. The molecule has 1 aromatic carbocycles. The van der Waals surface area contributed by atoms with E-state index in [1.54, 1.807) is 25.3 Å². The van der Waals surface area contributed by atoms with Crippen LogP contribution in [0.4, 0.5) is 0 Å². The van der Waals surface area contributed by atoms with Crippen molar-refractivity contribution < 1.29 is 23.5 Å². The van der Waals surface area contributed by atoms with Crippen LogP contribution >= 0.6 is 0 Å². The van der Waals surface area contributed by atoms with E-state index in [0.29, 0.717) is 23.4 Å². The average molecular weight is 303 g/mol. The lowest BCUT2D eigenvalue weighted by Gasteiger charge is -2.04. The van der Waals surface area contributed by atoms with E-state index in [-0.39, 0.29) is 18.9 Å². The Hall–Kier alpha value is -2.76. The van der Waals surface area contributed by atoms with Crippen molar-refractivity contribution >= 4 is 22.8 Å². The monoisotopic (exact) mass is 303 g/mol. The molecule has 1 aromatic heterocycles. The van der Waals surface area contributed by atoms with Gasteiger partial charge in [-0.2, -0.15) is 0 Å². The van der Waals surface area contributed by atoms with Gasteiger partial charge in [0.25, 0.3) is 5.91 Å². The number of hydrogen-bond donors (Lipinski definition) is 1. The van der Waals surface area contributed by atoms with E-state index in [9.17, 15) is 9.59 Å². The molecule has 0 spiro atoms. The molecular formula is C16H17NO5. The van der Waals surface area contributed by atoms with Crippen LogP contribution in [-0.4, -0.2) is 32.1 Å². The lowest BCUT2D eigenvalue weighted by molar-refractivity contribution is -0.147. The number of hydrogen-bond acceptors (Lipinski definition) is 5. The second-order valence-electron chi connectivity index (χ2n) is 4.55. The molecule has 0 aliphatic heterocycles. The summed E-state index contributed by atoms with van der Waals surface area (Å²) in [6.07, 6.45) is 3.09. The van der Waals surface area contributed by atoms with Gasteiger partial charge in [-0.1, -0.05) is 6.08 Å². The van der Waals surface area contributed by atoms with Gasteiger partial charge in [-0.15, -0.1) is 6.58 Å². The standard InChI is InChI=1S/C16H17NO5/c1-3-6-17-15(18)10-22-16(19)7-11-9-21-14-8-12(20-2)4-5-13(11)14/h3-5,8-9H,1,6-7,10H2,2H3,(H,17,18). The zero-order valence-electron chi connectivity index (χ0n) is 12.3. The molecule has 0 radical (unpaired) electrons. The number of methoxy groups -OCH3 is 1. The summed E-state index contributed by atoms with van der Waals surface area (Å²) in [7, 11) is 1.57. The van der Waals surface area contributed by atoms with Crippen LogP contribution in [0.5, 0.6) is 5.75 Å². The summed E-state index contributed by atoms with van der Waals surface area (Å²) in [5.74, 6) is -0.183. The average Bonchev–Trinajstić information content (AvgIpc) is 2.92. The number of fused-ring (bicyclic) bond motifs is 1. The Bertz CT molecular complexity index is 689. The van der Waals surface area contributed by atoms with Crippen LogP contribution in [0.2, 0.25) is 0 Å². The van der Waals surface area contributed by atoms with Crippen LogP contribution in [0, 0.1) is 0 Å². The van der Waals surface area contributed by atoms with E-state index in [1.165, 1.54) is 6.26 Å². The van der Waals surface area contributed by atoms with Gasteiger partial charge in [0.1, 0.15) is 11.3 Å². The molecule has 0 saturated carbocycles. The summed E-state index contributed by atoms with van der Waals surface area (Å²) < 4.78 is 15.4. The molecule has 6 heteroatoms. The van der Waals surface area contributed by atoms with Crippen molar-refractivity contribution in [1.29, 1.82) is 0 Å².